The normalized spacial score (nSPS) is 15.1. The second-order valence-corrected chi connectivity index (χ2v) is 5.68. The number of amides is 1. The summed E-state index contributed by atoms with van der Waals surface area (Å²) in [6.07, 6.45) is 5.50. The molecule has 0 fully saturated rings. The van der Waals surface area contributed by atoms with Crippen LogP contribution in [0.4, 0.5) is 0 Å². The Kier molecular flexibility index (Phi) is 5.26. The van der Waals surface area contributed by atoms with Crippen molar-refractivity contribution in [1.29, 1.82) is 0 Å². The number of aryl methyl sites for hydroxylation is 2. The molecule has 0 bridgehead atoms. The molecule has 1 aromatic rings. The Bertz CT molecular complexity index is 444. The van der Waals surface area contributed by atoms with Gasteiger partial charge in [0, 0.05) is 18.0 Å². The van der Waals surface area contributed by atoms with Crippen molar-refractivity contribution in [3.8, 4) is 0 Å². The van der Waals surface area contributed by atoms with Gasteiger partial charge in [0.2, 0.25) is 0 Å². The molecule has 1 atom stereocenters. The number of hydrogen-bond acceptors (Lipinski definition) is 1. The molecule has 1 aliphatic rings. The largest absolute Gasteiger partial charge is 0.352 e. The number of hydrogen-bond donors (Lipinski definition) is 1. The highest BCUT2D eigenvalue weighted by Gasteiger charge is 2.14. The maximum Gasteiger partial charge on any atom is 0.251 e. The summed E-state index contributed by atoms with van der Waals surface area (Å²) in [5, 5.41) is 3.03. The summed E-state index contributed by atoms with van der Waals surface area (Å²) in [6, 6.07) is 6.11. The molecule has 1 unspecified atom stereocenters. The molecule has 0 aliphatic heterocycles. The van der Waals surface area contributed by atoms with Crippen molar-refractivity contribution in [2.24, 2.45) is 5.92 Å². The zero-order valence-electron chi connectivity index (χ0n) is 11.5. The highest BCUT2D eigenvalue weighted by atomic mass is 35.5. The number of alkyl halides is 1. The first-order valence-electron chi connectivity index (χ1n) is 7.20. The number of benzene rings is 1. The minimum Gasteiger partial charge on any atom is -0.352 e. The predicted octanol–water partition coefficient (Wildman–Crippen LogP) is 3.56. The van der Waals surface area contributed by atoms with E-state index in [1.54, 1.807) is 0 Å². The van der Waals surface area contributed by atoms with E-state index in [0.29, 0.717) is 11.8 Å². The molecule has 104 valence electrons. The zero-order chi connectivity index (χ0) is 13.7. The molecule has 0 heterocycles. The second-order valence-electron chi connectivity index (χ2n) is 5.30. The summed E-state index contributed by atoms with van der Waals surface area (Å²) in [6.45, 7) is 2.86. The fourth-order valence-electron chi connectivity index (χ4n) is 2.66. The van der Waals surface area contributed by atoms with Crippen LogP contribution in [0.15, 0.2) is 18.2 Å². The van der Waals surface area contributed by atoms with Crippen LogP contribution in [0.25, 0.3) is 0 Å². The van der Waals surface area contributed by atoms with Gasteiger partial charge in [0.15, 0.2) is 0 Å². The quantitative estimate of drug-likeness (QED) is 0.793. The number of nitrogens with one attached hydrogen (secondary N) is 1. The van der Waals surface area contributed by atoms with E-state index in [1.807, 2.05) is 6.07 Å². The molecule has 2 rings (SSSR count). The summed E-state index contributed by atoms with van der Waals surface area (Å²) < 4.78 is 0. The predicted molar refractivity (Wildman–Crippen MR) is 79.9 cm³/mol. The van der Waals surface area contributed by atoms with Crippen LogP contribution < -0.4 is 5.32 Å². The molecule has 1 aliphatic carbocycles. The average Bonchev–Trinajstić information content (AvgIpc) is 2.90. The van der Waals surface area contributed by atoms with Crippen LogP contribution in [0.2, 0.25) is 0 Å². The molecule has 3 heteroatoms. The lowest BCUT2D eigenvalue weighted by molar-refractivity contribution is 0.0946. The minimum atomic E-state index is 0.0442. The van der Waals surface area contributed by atoms with E-state index >= 15 is 0 Å². The van der Waals surface area contributed by atoms with Crippen LogP contribution in [-0.4, -0.2) is 18.3 Å². The van der Waals surface area contributed by atoms with Crippen molar-refractivity contribution in [1.82, 2.24) is 5.32 Å². The fourth-order valence-corrected chi connectivity index (χ4v) is 2.97. The average molecular weight is 280 g/mol. The summed E-state index contributed by atoms with van der Waals surface area (Å²) in [5.74, 6) is 1.19. The van der Waals surface area contributed by atoms with Crippen molar-refractivity contribution >= 4 is 17.5 Å². The summed E-state index contributed by atoms with van der Waals surface area (Å²) in [4.78, 5) is 12.1. The van der Waals surface area contributed by atoms with Gasteiger partial charge in [-0.15, -0.1) is 11.6 Å². The standard InChI is InChI=1S/C16H22ClNO/c1-2-12(8-9-17)11-18-16(19)15-7-6-13-4-3-5-14(13)10-15/h6-7,10,12H,2-5,8-9,11H2,1H3,(H,18,19). The fraction of sp³-hybridized carbons (Fsp3) is 0.562. The molecule has 0 saturated heterocycles. The molecule has 2 nitrogen and oxygen atoms in total. The van der Waals surface area contributed by atoms with E-state index in [4.69, 9.17) is 11.6 Å². The summed E-state index contributed by atoms with van der Waals surface area (Å²) in [7, 11) is 0. The first kappa shape index (κ1) is 14.4. The number of fused-ring (bicyclic) bond motifs is 1. The van der Waals surface area contributed by atoms with Gasteiger partial charge in [-0.2, -0.15) is 0 Å². The third-order valence-electron chi connectivity index (χ3n) is 4.01. The van der Waals surface area contributed by atoms with Crippen molar-refractivity contribution in [2.75, 3.05) is 12.4 Å². The van der Waals surface area contributed by atoms with Gasteiger partial charge in [-0.25, -0.2) is 0 Å². The van der Waals surface area contributed by atoms with Crippen molar-refractivity contribution < 1.29 is 4.79 Å². The van der Waals surface area contributed by atoms with Crippen LogP contribution in [0, 0.1) is 5.92 Å². The topological polar surface area (TPSA) is 29.1 Å². The van der Waals surface area contributed by atoms with Crippen LogP contribution in [0.1, 0.15) is 47.7 Å². The third-order valence-corrected chi connectivity index (χ3v) is 4.22. The highest BCUT2D eigenvalue weighted by molar-refractivity contribution is 6.17. The van der Waals surface area contributed by atoms with Crippen LogP contribution in [0.3, 0.4) is 0 Å². The number of carbonyl (C=O) groups excluding carboxylic acids is 1. The second kappa shape index (κ2) is 6.95. The Labute approximate surface area is 120 Å². The molecular formula is C16H22ClNO. The van der Waals surface area contributed by atoms with Gasteiger partial charge in [-0.3, -0.25) is 4.79 Å². The molecule has 0 spiro atoms. The smallest absolute Gasteiger partial charge is 0.251 e. The Hall–Kier alpha value is -1.02. The molecular weight excluding hydrogens is 258 g/mol. The van der Waals surface area contributed by atoms with Gasteiger partial charge in [0.05, 0.1) is 0 Å². The maximum atomic E-state index is 12.1. The lowest BCUT2D eigenvalue weighted by Crippen LogP contribution is -2.29. The van der Waals surface area contributed by atoms with Gasteiger partial charge >= 0.3 is 0 Å². The zero-order valence-corrected chi connectivity index (χ0v) is 12.3. The third kappa shape index (κ3) is 3.73. The van der Waals surface area contributed by atoms with E-state index in [9.17, 15) is 4.79 Å². The highest BCUT2D eigenvalue weighted by Crippen LogP contribution is 2.22. The Balaban J connectivity index is 1.92. The van der Waals surface area contributed by atoms with Crippen LogP contribution in [0.5, 0.6) is 0 Å². The van der Waals surface area contributed by atoms with Gasteiger partial charge < -0.3 is 5.32 Å². The van der Waals surface area contributed by atoms with Crippen LogP contribution >= 0.6 is 11.6 Å². The monoisotopic (exact) mass is 279 g/mol. The van der Waals surface area contributed by atoms with Crippen molar-refractivity contribution in [3.05, 3.63) is 34.9 Å². The number of rotatable bonds is 6. The van der Waals surface area contributed by atoms with Gasteiger partial charge in [0.1, 0.15) is 0 Å². The lowest BCUT2D eigenvalue weighted by Gasteiger charge is -2.14. The first-order valence-corrected chi connectivity index (χ1v) is 7.74. The molecule has 0 aromatic heterocycles. The van der Waals surface area contributed by atoms with E-state index in [1.165, 1.54) is 17.5 Å². The van der Waals surface area contributed by atoms with E-state index in [-0.39, 0.29) is 5.91 Å². The number of carbonyl (C=O) groups is 1. The SMILES string of the molecule is CCC(CCCl)CNC(=O)c1ccc2c(c1)CCC2. The molecule has 1 aromatic carbocycles. The Morgan fingerprint density at radius 1 is 1.37 bits per heavy atom. The lowest BCUT2D eigenvalue weighted by atomic mass is 10.0. The first-order chi connectivity index (χ1) is 9.24. The van der Waals surface area contributed by atoms with Crippen molar-refractivity contribution in [3.63, 3.8) is 0 Å². The minimum absolute atomic E-state index is 0.0442. The molecule has 1 amide bonds. The van der Waals surface area contributed by atoms with Gasteiger partial charge in [0.25, 0.3) is 5.91 Å². The maximum absolute atomic E-state index is 12.1. The van der Waals surface area contributed by atoms with E-state index in [0.717, 1.165) is 37.8 Å². The molecule has 0 saturated carbocycles. The van der Waals surface area contributed by atoms with Gasteiger partial charge in [-0.05, 0) is 54.9 Å². The Morgan fingerprint density at radius 3 is 2.89 bits per heavy atom. The molecule has 0 radical (unpaired) electrons. The van der Waals surface area contributed by atoms with Crippen molar-refractivity contribution in [2.45, 2.75) is 39.0 Å². The van der Waals surface area contributed by atoms with E-state index in [2.05, 4.69) is 24.4 Å². The summed E-state index contributed by atoms with van der Waals surface area (Å²) >= 11 is 5.76. The van der Waals surface area contributed by atoms with Gasteiger partial charge in [-0.1, -0.05) is 19.4 Å². The van der Waals surface area contributed by atoms with E-state index < -0.39 is 0 Å². The molecule has 19 heavy (non-hydrogen) atoms. The number of halogens is 1. The molecule has 1 N–H and O–H groups in total. The van der Waals surface area contributed by atoms with Crippen LogP contribution in [-0.2, 0) is 12.8 Å². The summed E-state index contributed by atoms with van der Waals surface area (Å²) in [5.41, 5.74) is 3.55. The Morgan fingerprint density at radius 2 is 2.16 bits per heavy atom.